The minimum absolute atomic E-state index is 0.0408. The third kappa shape index (κ3) is 4.17. The molecule has 0 aromatic heterocycles. The van der Waals surface area contributed by atoms with Gasteiger partial charge in [0, 0.05) is 10.9 Å². The van der Waals surface area contributed by atoms with Crippen LogP contribution in [0.4, 0.5) is 0 Å². The fourth-order valence-corrected chi connectivity index (χ4v) is 2.37. The lowest BCUT2D eigenvalue weighted by Crippen LogP contribution is -2.26. The molecule has 0 aliphatic carbocycles. The molecule has 0 heterocycles. The molecule has 18 heavy (non-hydrogen) atoms. The Morgan fingerprint density at radius 2 is 1.56 bits per heavy atom. The minimum atomic E-state index is -0.938. The van der Waals surface area contributed by atoms with Crippen LogP contribution >= 0.6 is 15.9 Å². The summed E-state index contributed by atoms with van der Waals surface area (Å²) in [5, 5.41) is 18.7. The highest BCUT2D eigenvalue weighted by Crippen LogP contribution is 2.35. The highest BCUT2D eigenvalue weighted by molar-refractivity contribution is 9.10. The lowest BCUT2D eigenvalue weighted by Gasteiger charge is -2.27. The second kappa shape index (κ2) is 5.55. The van der Waals surface area contributed by atoms with E-state index in [0.717, 1.165) is 10.0 Å². The van der Waals surface area contributed by atoms with Gasteiger partial charge >= 0.3 is 0 Å². The molecule has 0 aliphatic heterocycles. The molecule has 1 rings (SSSR count). The Balaban J connectivity index is 2.98. The van der Waals surface area contributed by atoms with Crippen molar-refractivity contribution in [2.24, 2.45) is 10.8 Å². The molecule has 1 aromatic rings. The summed E-state index contributed by atoms with van der Waals surface area (Å²) in [6.45, 7) is 6.16. The van der Waals surface area contributed by atoms with Gasteiger partial charge in [0.25, 0.3) is 0 Å². The summed E-state index contributed by atoms with van der Waals surface area (Å²) in [5.41, 5.74) is 0.0398. The van der Waals surface area contributed by atoms with Crippen molar-refractivity contribution in [2.75, 3.05) is 0 Å². The van der Waals surface area contributed by atoms with Crippen LogP contribution in [0.1, 0.15) is 32.8 Å². The summed E-state index contributed by atoms with van der Waals surface area (Å²) in [5.74, 6) is 0. The molecule has 0 bridgehead atoms. The molecule has 94 valence electrons. The van der Waals surface area contributed by atoms with Crippen molar-refractivity contribution < 1.29 is 0 Å². The normalized spacial score (nSPS) is 11.7. The van der Waals surface area contributed by atoms with Crippen LogP contribution < -0.4 is 0 Å². The van der Waals surface area contributed by atoms with Crippen LogP contribution in [0, 0.1) is 33.5 Å². The molecule has 0 spiro atoms. The molecule has 0 fully saturated rings. The van der Waals surface area contributed by atoms with Crippen LogP contribution in [0.25, 0.3) is 0 Å². The van der Waals surface area contributed by atoms with E-state index in [2.05, 4.69) is 48.8 Å². The molecule has 0 unspecified atom stereocenters. The van der Waals surface area contributed by atoms with Gasteiger partial charge in [-0.2, -0.15) is 10.5 Å². The lowest BCUT2D eigenvalue weighted by atomic mass is 9.72. The minimum Gasteiger partial charge on any atom is -0.197 e. The predicted molar refractivity (Wildman–Crippen MR) is 75.6 cm³/mol. The Kier molecular flexibility index (Phi) is 4.54. The molecule has 0 radical (unpaired) electrons. The zero-order valence-corrected chi connectivity index (χ0v) is 12.6. The fraction of sp³-hybridized carbons (Fsp3) is 0.467. The van der Waals surface area contributed by atoms with Crippen LogP contribution in [-0.2, 0) is 6.42 Å². The number of rotatable bonds is 3. The Morgan fingerprint density at radius 1 is 1.06 bits per heavy atom. The van der Waals surface area contributed by atoms with Gasteiger partial charge in [0.2, 0.25) is 0 Å². The fourth-order valence-electron chi connectivity index (χ4n) is 2.10. The van der Waals surface area contributed by atoms with E-state index in [0.29, 0.717) is 12.8 Å². The zero-order chi connectivity index (χ0) is 13.8. The van der Waals surface area contributed by atoms with E-state index < -0.39 is 5.41 Å². The molecule has 0 aliphatic rings. The van der Waals surface area contributed by atoms with Gasteiger partial charge in [-0.3, -0.25) is 0 Å². The van der Waals surface area contributed by atoms with Crippen molar-refractivity contribution in [1.82, 2.24) is 0 Å². The Bertz CT molecular complexity index is 469. The average Bonchev–Trinajstić information content (AvgIpc) is 2.29. The van der Waals surface area contributed by atoms with Gasteiger partial charge in [0.1, 0.15) is 5.41 Å². The number of nitrogens with zero attached hydrogens (tertiary/aromatic N) is 2. The predicted octanol–water partition coefficient (Wildman–Crippen LogP) is 4.46. The number of hydrogen-bond acceptors (Lipinski definition) is 2. The Labute approximate surface area is 117 Å². The number of halogens is 1. The largest absolute Gasteiger partial charge is 0.197 e. The van der Waals surface area contributed by atoms with Crippen LogP contribution in [0.3, 0.4) is 0 Å². The SMILES string of the molecule is CC(C)(C)CC(C#N)(C#N)Cc1ccc(Br)cc1. The van der Waals surface area contributed by atoms with Crippen LogP contribution in [-0.4, -0.2) is 0 Å². The van der Waals surface area contributed by atoms with Crippen LogP contribution in [0.2, 0.25) is 0 Å². The van der Waals surface area contributed by atoms with E-state index in [-0.39, 0.29) is 5.41 Å². The van der Waals surface area contributed by atoms with E-state index >= 15 is 0 Å². The summed E-state index contributed by atoms with van der Waals surface area (Å²) >= 11 is 3.38. The van der Waals surface area contributed by atoms with Gasteiger partial charge in [-0.05, 0) is 29.5 Å². The highest BCUT2D eigenvalue weighted by atomic mass is 79.9. The average molecular weight is 305 g/mol. The van der Waals surface area contributed by atoms with Crippen LogP contribution in [0.15, 0.2) is 28.7 Å². The highest BCUT2D eigenvalue weighted by Gasteiger charge is 2.35. The van der Waals surface area contributed by atoms with Crippen molar-refractivity contribution in [2.45, 2.75) is 33.6 Å². The summed E-state index contributed by atoms with van der Waals surface area (Å²) in [4.78, 5) is 0. The van der Waals surface area contributed by atoms with Gasteiger partial charge in [-0.1, -0.05) is 48.8 Å². The molecule has 0 saturated carbocycles. The first kappa shape index (κ1) is 14.7. The summed E-state index contributed by atoms with van der Waals surface area (Å²) in [6, 6.07) is 12.2. The quantitative estimate of drug-likeness (QED) is 0.827. The number of benzene rings is 1. The maximum Gasteiger partial charge on any atom is 0.148 e. The van der Waals surface area contributed by atoms with Gasteiger partial charge < -0.3 is 0 Å². The standard InChI is InChI=1S/C15H17BrN2/c1-14(2,3)9-15(10-17,11-18)8-12-4-6-13(16)7-5-12/h4-7H,8-9H2,1-3H3. The maximum atomic E-state index is 9.37. The van der Waals surface area contributed by atoms with E-state index in [4.69, 9.17) is 0 Å². The lowest BCUT2D eigenvalue weighted by molar-refractivity contribution is 0.281. The maximum absolute atomic E-state index is 9.37. The first-order valence-corrected chi connectivity index (χ1v) is 6.66. The van der Waals surface area contributed by atoms with Crippen molar-refractivity contribution in [3.63, 3.8) is 0 Å². The first-order valence-electron chi connectivity index (χ1n) is 5.87. The molecule has 0 N–H and O–H groups in total. The van der Waals surface area contributed by atoms with E-state index in [9.17, 15) is 10.5 Å². The van der Waals surface area contributed by atoms with Gasteiger partial charge in [-0.15, -0.1) is 0 Å². The van der Waals surface area contributed by atoms with Crippen molar-refractivity contribution >= 4 is 15.9 Å². The monoisotopic (exact) mass is 304 g/mol. The molecule has 0 atom stereocenters. The van der Waals surface area contributed by atoms with E-state index in [1.54, 1.807) is 0 Å². The number of nitriles is 2. The summed E-state index contributed by atoms with van der Waals surface area (Å²) in [6.07, 6.45) is 1.05. The van der Waals surface area contributed by atoms with Crippen molar-refractivity contribution in [1.29, 1.82) is 10.5 Å². The molecule has 2 nitrogen and oxygen atoms in total. The van der Waals surface area contributed by atoms with Crippen molar-refractivity contribution in [3.05, 3.63) is 34.3 Å². The Morgan fingerprint density at radius 3 is 1.94 bits per heavy atom. The third-order valence-corrected chi connectivity index (χ3v) is 3.21. The van der Waals surface area contributed by atoms with Crippen molar-refractivity contribution in [3.8, 4) is 12.1 Å². The zero-order valence-electron chi connectivity index (χ0n) is 11.0. The topological polar surface area (TPSA) is 47.6 Å². The number of hydrogen-bond donors (Lipinski definition) is 0. The van der Waals surface area contributed by atoms with E-state index in [1.807, 2.05) is 24.3 Å². The van der Waals surface area contributed by atoms with Gasteiger partial charge in [0.15, 0.2) is 0 Å². The van der Waals surface area contributed by atoms with Gasteiger partial charge in [-0.25, -0.2) is 0 Å². The smallest absolute Gasteiger partial charge is 0.148 e. The summed E-state index contributed by atoms with van der Waals surface area (Å²) < 4.78 is 1.00. The second-order valence-electron chi connectivity index (χ2n) is 5.85. The first-order chi connectivity index (χ1) is 8.30. The molecular formula is C15H17BrN2. The Hall–Kier alpha value is -1.32. The third-order valence-electron chi connectivity index (χ3n) is 2.68. The van der Waals surface area contributed by atoms with Gasteiger partial charge in [0.05, 0.1) is 12.1 Å². The molecular weight excluding hydrogens is 288 g/mol. The molecule has 0 amide bonds. The molecule has 3 heteroatoms. The second-order valence-corrected chi connectivity index (χ2v) is 6.76. The molecule has 1 aromatic carbocycles. The van der Waals surface area contributed by atoms with E-state index in [1.165, 1.54) is 0 Å². The molecule has 0 saturated heterocycles. The summed E-state index contributed by atoms with van der Waals surface area (Å²) in [7, 11) is 0. The van der Waals surface area contributed by atoms with Crippen LogP contribution in [0.5, 0.6) is 0 Å².